The van der Waals surface area contributed by atoms with Crippen molar-refractivity contribution >= 4 is 23.1 Å². The van der Waals surface area contributed by atoms with Gasteiger partial charge in [0, 0.05) is 22.4 Å². The molecule has 1 fully saturated rings. The third-order valence-corrected chi connectivity index (χ3v) is 6.44. The van der Waals surface area contributed by atoms with Crippen LogP contribution < -0.4 is 5.32 Å². The predicted octanol–water partition coefficient (Wildman–Crippen LogP) is 3.96. The molecule has 0 amide bonds. The quantitative estimate of drug-likeness (QED) is 0.906. The fraction of sp³-hybridized carbons (Fsp3) is 0.786. The number of nitrogens with one attached hydrogen (secondary N) is 1. The van der Waals surface area contributed by atoms with E-state index in [1.165, 1.54) is 23.6 Å². The SMILES string of the molecule is CNC1CCC(C(C)C)CC1Sc1nc(C)cs1. The maximum absolute atomic E-state index is 4.60. The molecular formula is C14H24N2S2. The first kappa shape index (κ1) is 14.4. The van der Waals surface area contributed by atoms with Gasteiger partial charge in [0.2, 0.25) is 0 Å². The van der Waals surface area contributed by atoms with Crippen LogP contribution in [-0.4, -0.2) is 23.3 Å². The standard InChI is InChI=1S/C14H24N2S2/c1-9(2)11-5-6-12(15-4)13(7-11)18-14-16-10(3)8-17-14/h8-9,11-13,15H,5-7H2,1-4H3. The van der Waals surface area contributed by atoms with E-state index in [4.69, 9.17) is 0 Å². The van der Waals surface area contributed by atoms with Gasteiger partial charge in [0.1, 0.15) is 4.34 Å². The van der Waals surface area contributed by atoms with Crippen LogP contribution in [0.1, 0.15) is 38.8 Å². The maximum atomic E-state index is 4.60. The first-order chi connectivity index (χ1) is 8.60. The third kappa shape index (κ3) is 3.49. The van der Waals surface area contributed by atoms with Crippen molar-refractivity contribution in [1.82, 2.24) is 10.3 Å². The first-order valence-corrected chi connectivity index (χ1v) is 8.62. The summed E-state index contributed by atoms with van der Waals surface area (Å²) in [6.07, 6.45) is 4.00. The van der Waals surface area contributed by atoms with E-state index in [1.807, 2.05) is 11.8 Å². The molecule has 18 heavy (non-hydrogen) atoms. The zero-order valence-corrected chi connectivity index (χ0v) is 13.4. The molecule has 2 rings (SSSR count). The lowest BCUT2D eigenvalue weighted by Crippen LogP contribution is -2.41. The Hall–Kier alpha value is -0.0600. The second-order valence-corrected chi connectivity index (χ2v) is 7.97. The Labute approximate surface area is 119 Å². The average Bonchev–Trinajstić information content (AvgIpc) is 2.74. The number of hydrogen-bond donors (Lipinski definition) is 1. The third-order valence-electron chi connectivity index (χ3n) is 4.00. The molecule has 2 nitrogen and oxygen atoms in total. The van der Waals surface area contributed by atoms with Gasteiger partial charge in [-0.3, -0.25) is 0 Å². The van der Waals surface area contributed by atoms with Gasteiger partial charge in [-0.05, 0) is 45.1 Å². The van der Waals surface area contributed by atoms with Gasteiger partial charge in [0.25, 0.3) is 0 Å². The Morgan fingerprint density at radius 3 is 2.78 bits per heavy atom. The van der Waals surface area contributed by atoms with Crippen molar-refractivity contribution < 1.29 is 0 Å². The summed E-state index contributed by atoms with van der Waals surface area (Å²) in [6, 6.07) is 0.647. The molecule has 3 atom stereocenters. The van der Waals surface area contributed by atoms with Crippen LogP contribution in [0.3, 0.4) is 0 Å². The van der Waals surface area contributed by atoms with Crippen molar-refractivity contribution in [3.63, 3.8) is 0 Å². The van der Waals surface area contributed by atoms with E-state index in [2.05, 4.69) is 43.5 Å². The Bertz CT molecular complexity index is 376. The molecular weight excluding hydrogens is 260 g/mol. The summed E-state index contributed by atoms with van der Waals surface area (Å²) in [5, 5.41) is 6.33. The molecule has 0 saturated heterocycles. The molecule has 1 saturated carbocycles. The minimum Gasteiger partial charge on any atom is -0.316 e. The van der Waals surface area contributed by atoms with Crippen LogP contribution >= 0.6 is 23.1 Å². The van der Waals surface area contributed by atoms with E-state index < -0.39 is 0 Å². The lowest BCUT2D eigenvalue weighted by molar-refractivity contribution is 0.251. The lowest BCUT2D eigenvalue weighted by Gasteiger charge is -2.37. The fourth-order valence-corrected chi connectivity index (χ4v) is 5.24. The largest absolute Gasteiger partial charge is 0.316 e. The maximum Gasteiger partial charge on any atom is 0.150 e. The van der Waals surface area contributed by atoms with Crippen molar-refractivity contribution in [2.24, 2.45) is 11.8 Å². The van der Waals surface area contributed by atoms with Gasteiger partial charge in [-0.1, -0.05) is 25.6 Å². The number of rotatable bonds is 4. The second-order valence-electron chi connectivity index (χ2n) is 5.62. The van der Waals surface area contributed by atoms with Crippen molar-refractivity contribution in [3.05, 3.63) is 11.1 Å². The molecule has 0 aliphatic heterocycles. The van der Waals surface area contributed by atoms with Crippen LogP contribution in [-0.2, 0) is 0 Å². The Morgan fingerprint density at radius 2 is 2.22 bits per heavy atom. The number of hydrogen-bond acceptors (Lipinski definition) is 4. The smallest absolute Gasteiger partial charge is 0.150 e. The topological polar surface area (TPSA) is 24.9 Å². The number of aromatic nitrogens is 1. The van der Waals surface area contributed by atoms with Crippen molar-refractivity contribution in [2.45, 2.75) is 55.7 Å². The molecule has 0 aromatic carbocycles. The summed E-state index contributed by atoms with van der Waals surface area (Å²) in [6.45, 7) is 6.80. The monoisotopic (exact) mass is 284 g/mol. The molecule has 0 bridgehead atoms. The molecule has 3 unspecified atom stereocenters. The minimum atomic E-state index is 0.647. The second kappa shape index (κ2) is 6.40. The molecule has 1 aromatic heterocycles. The van der Waals surface area contributed by atoms with Crippen LogP contribution in [0.2, 0.25) is 0 Å². The molecule has 1 N–H and O–H groups in total. The predicted molar refractivity (Wildman–Crippen MR) is 81.5 cm³/mol. The summed E-state index contributed by atoms with van der Waals surface area (Å²) in [7, 11) is 2.10. The highest BCUT2D eigenvalue weighted by atomic mass is 32.2. The normalized spacial score (nSPS) is 28.8. The van der Waals surface area contributed by atoms with E-state index in [-0.39, 0.29) is 0 Å². The highest BCUT2D eigenvalue weighted by Crippen LogP contribution is 2.39. The Balaban J connectivity index is 2.02. The van der Waals surface area contributed by atoms with Crippen molar-refractivity contribution in [3.8, 4) is 0 Å². The first-order valence-electron chi connectivity index (χ1n) is 6.86. The molecule has 0 spiro atoms. The zero-order chi connectivity index (χ0) is 13.1. The number of nitrogens with zero attached hydrogens (tertiary/aromatic N) is 1. The molecule has 102 valence electrons. The van der Waals surface area contributed by atoms with E-state index in [0.717, 1.165) is 17.5 Å². The number of thioether (sulfide) groups is 1. The highest BCUT2D eigenvalue weighted by molar-refractivity contribution is 8.01. The fourth-order valence-electron chi connectivity index (χ4n) is 2.74. The van der Waals surface area contributed by atoms with Gasteiger partial charge >= 0.3 is 0 Å². The molecule has 1 aromatic rings. The highest BCUT2D eigenvalue weighted by Gasteiger charge is 2.32. The van der Waals surface area contributed by atoms with Gasteiger partial charge in [0.15, 0.2) is 0 Å². The van der Waals surface area contributed by atoms with Gasteiger partial charge in [-0.2, -0.15) is 0 Å². The van der Waals surface area contributed by atoms with Crippen molar-refractivity contribution in [2.75, 3.05) is 7.05 Å². The van der Waals surface area contributed by atoms with E-state index in [0.29, 0.717) is 11.3 Å². The van der Waals surface area contributed by atoms with E-state index in [1.54, 1.807) is 11.3 Å². The van der Waals surface area contributed by atoms with E-state index in [9.17, 15) is 0 Å². The molecule has 0 radical (unpaired) electrons. The van der Waals surface area contributed by atoms with Crippen LogP contribution in [0.25, 0.3) is 0 Å². The summed E-state index contributed by atoms with van der Waals surface area (Å²) in [5.74, 6) is 1.69. The van der Waals surface area contributed by atoms with E-state index >= 15 is 0 Å². The van der Waals surface area contributed by atoms with Gasteiger partial charge < -0.3 is 5.32 Å². The summed E-state index contributed by atoms with van der Waals surface area (Å²) < 4.78 is 1.24. The average molecular weight is 284 g/mol. The van der Waals surface area contributed by atoms with Gasteiger partial charge in [-0.15, -0.1) is 11.3 Å². The van der Waals surface area contributed by atoms with Gasteiger partial charge in [-0.25, -0.2) is 4.98 Å². The molecule has 1 aliphatic carbocycles. The number of thiazole rings is 1. The summed E-state index contributed by atoms with van der Waals surface area (Å²) in [4.78, 5) is 4.60. The number of aryl methyl sites for hydroxylation is 1. The molecule has 1 heterocycles. The van der Waals surface area contributed by atoms with Crippen LogP contribution in [0.15, 0.2) is 9.72 Å². The minimum absolute atomic E-state index is 0.647. The summed E-state index contributed by atoms with van der Waals surface area (Å²) in [5.41, 5.74) is 1.15. The van der Waals surface area contributed by atoms with Crippen LogP contribution in [0.4, 0.5) is 0 Å². The Morgan fingerprint density at radius 1 is 1.44 bits per heavy atom. The zero-order valence-electron chi connectivity index (χ0n) is 11.8. The van der Waals surface area contributed by atoms with Crippen LogP contribution in [0, 0.1) is 18.8 Å². The molecule has 1 aliphatic rings. The van der Waals surface area contributed by atoms with Crippen LogP contribution in [0.5, 0.6) is 0 Å². The molecule has 4 heteroatoms. The Kier molecular flexibility index (Phi) is 5.10. The van der Waals surface area contributed by atoms with Crippen molar-refractivity contribution in [1.29, 1.82) is 0 Å². The summed E-state index contributed by atoms with van der Waals surface area (Å²) >= 11 is 3.77. The van der Waals surface area contributed by atoms with Gasteiger partial charge in [0.05, 0.1) is 0 Å². The lowest BCUT2D eigenvalue weighted by atomic mass is 9.79.